The van der Waals surface area contributed by atoms with Gasteiger partial charge in [0.25, 0.3) is 5.60 Å². The summed E-state index contributed by atoms with van der Waals surface area (Å²) >= 11 is 18.7. The van der Waals surface area contributed by atoms with Gasteiger partial charge in [0.2, 0.25) is 0 Å². The third-order valence-electron chi connectivity index (χ3n) is 3.94. The number of hydrogen-bond donors (Lipinski definition) is 0. The van der Waals surface area contributed by atoms with Gasteiger partial charge in [0.15, 0.2) is 0 Å². The van der Waals surface area contributed by atoms with E-state index in [9.17, 15) is 13.2 Å². The molecule has 1 aliphatic heterocycles. The predicted octanol–water partition coefficient (Wildman–Crippen LogP) is 6.47. The average Bonchev–Trinajstić information content (AvgIpc) is 3.16. The molecule has 2 aromatic rings. The Bertz CT molecular complexity index is 942. The van der Waals surface area contributed by atoms with Crippen molar-refractivity contribution >= 4 is 51.9 Å². The third kappa shape index (κ3) is 3.05. The zero-order chi connectivity index (χ0) is 19.3. The molecule has 1 atom stereocenters. The van der Waals surface area contributed by atoms with Crippen LogP contribution in [0.5, 0.6) is 0 Å². The normalized spacial score (nSPS) is 19.8. The SMILES string of the molecule is Cc1cc(C2=NOC(c3cc(Cl)c(Cl)c(Cl)c3)(C(F)(F)F)C2)sc1C#N. The average molecular weight is 440 g/mol. The van der Waals surface area contributed by atoms with Gasteiger partial charge >= 0.3 is 6.18 Å². The Kier molecular flexibility index (Phi) is 4.91. The van der Waals surface area contributed by atoms with E-state index in [0.717, 1.165) is 23.5 Å². The van der Waals surface area contributed by atoms with Crippen LogP contribution in [0.3, 0.4) is 0 Å². The van der Waals surface area contributed by atoms with Crippen LogP contribution in [0.15, 0.2) is 23.4 Å². The van der Waals surface area contributed by atoms with Crippen LogP contribution in [0.4, 0.5) is 13.2 Å². The highest BCUT2D eigenvalue weighted by molar-refractivity contribution is 7.14. The largest absolute Gasteiger partial charge is 0.435 e. The van der Waals surface area contributed by atoms with Gasteiger partial charge in [-0.25, -0.2) is 0 Å². The van der Waals surface area contributed by atoms with Crippen molar-refractivity contribution in [1.29, 1.82) is 5.26 Å². The highest BCUT2D eigenvalue weighted by atomic mass is 35.5. The number of nitrogens with zero attached hydrogens (tertiary/aromatic N) is 2. The van der Waals surface area contributed by atoms with Gasteiger partial charge < -0.3 is 4.84 Å². The van der Waals surface area contributed by atoms with Gasteiger partial charge in [-0.2, -0.15) is 18.4 Å². The molecule has 0 amide bonds. The minimum atomic E-state index is -4.79. The number of rotatable bonds is 2. The molecule has 0 spiro atoms. The molecule has 10 heteroatoms. The monoisotopic (exact) mass is 438 g/mol. The lowest BCUT2D eigenvalue weighted by Gasteiger charge is -2.29. The number of thiophene rings is 1. The Balaban J connectivity index is 2.07. The van der Waals surface area contributed by atoms with Crippen molar-refractivity contribution in [2.75, 3.05) is 0 Å². The Hall–Kier alpha value is -1.46. The van der Waals surface area contributed by atoms with Crippen molar-refractivity contribution in [3.63, 3.8) is 0 Å². The molecule has 136 valence electrons. The number of nitriles is 1. The van der Waals surface area contributed by atoms with Gasteiger partial charge in [-0.15, -0.1) is 11.3 Å². The Morgan fingerprint density at radius 3 is 2.35 bits per heavy atom. The Labute approximate surface area is 165 Å². The van der Waals surface area contributed by atoms with Crippen LogP contribution in [-0.2, 0) is 10.4 Å². The summed E-state index contributed by atoms with van der Waals surface area (Å²) in [5.74, 6) is 0. The van der Waals surface area contributed by atoms with Gasteiger partial charge in [0.05, 0.1) is 26.4 Å². The summed E-state index contributed by atoms with van der Waals surface area (Å²) in [7, 11) is 0. The van der Waals surface area contributed by atoms with E-state index in [1.54, 1.807) is 13.0 Å². The first-order chi connectivity index (χ1) is 12.1. The molecule has 3 nitrogen and oxygen atoms in total. The second-order valence-electron chi connectivity index (χ2n) is 5.62. The van der Waals surface area contributed by atoms with Gasteiger partial charge in [-0.05, 0) is 30.7 Å². The van der Waals surface area contributed by atoms with E-state index in [-0.39, 0.29) is 26.3 Å². The van der Waals surface area contributed by atoms with E-state index < -0.39 is 18.2 Å². The number of hydrogen-bond acceptors (Lipinski definition) is 4. The number of benzene rings is 1. The van der Waals surface area contributed by atoms with E-state index in [1.807, 2.05) is 6.07 Å². The standard InChI is InChI=1S/C16H8Cl3F3N2OS/c1-7-2-12(26-13(7)6-23)11-5-15(25-24-11,16(20,21)22)8-3-9(17)14(19)10(18)4-8/h2-4H,5H2,1H3. The van der Waals surface area contributed by atoms with E-state index in [0.29, 0.717) is 15.3 Å². The second kappa shape index (κ2) is 6.61. The van der Waals surface area contributed by atoms with Crippen LogP contribution in [0.25, 0.3) is 0 Å². The van der Waals surface area contributed by atoms with Crippen LogP contribution in [-0.4, -0.2) is 11.9 Å². The molecule has 1 aromatic heterocycles. The van der Waals surface area contributed by atoms with Crippen LogP contribution in [0.2, 0.25) is 15.1 Å². The Morgan fingerprint density at radius 2 is 1.85 bits per heavy atom. The first-order valence-corrected chi connectivity index (χ1v) is 9.02. The van der Waals surface area contributed by atoms with Gasteiger partial charge in [-0.1, -0.05) is 40.0 Å². The molecule has 26 heavy (non-hydrogen) atoms. The number of oxime groups is 1. The highest BCUT2D eigenvalue weighted by Gasteiger charge is 2.62. The lowest BCUT2D eigenvalue weighted by molar-refractivity contribution is -0.275. The topological polar surface area (TPSA) is 45.4 Å². The fourth-order valence-electron chi connectivity index (χ4n) is 2.56. The zero-order valence-electron chi connectivity index (χ0n) is 12.9. The number of aryl methyl sites for hydroxylation is 1. The molecule has 0 radical (unpaired) electrons. The van der Waals surface area contributed by atoms with E-state index in [1.165, 1.54) is 0 Å². The molecule has 1 aliphatic rings. The van der Waals surface area contributed by atoms with E-state index in [4.69, 9.17) is 44.9 Å². The van der Waals surface area contributed by atoms with E-state index in [2.05, 4.69) is 5.16 Å². The van der Waals surface area contributed by atoms with Crippen LogP contribution in [0, 0.1) is 18.3 Å². The molecule has 0 saturated carbocycles. The Morgan fingerprint density at radius 1 is 1.23 bits per heavy atom. The van der Waals surface area contributed by atoms with Crippen molar-refractivity contribution in [2.24, 2.45) is 5.16 Å². The maximum atomic E-state index is 13.9. The zero-order valence-corrected chi connectivity index (χ0v) is 16.0. The van der Waals surface area contributed by atoms with Crippen molar-refractivity contribution in [2.45, 2.75) is 25.1 Å². The van der Waals surface area contributed by atoms with Crippen molar-refractivity contribution in [3.8, 4) is 6.07 Å². The number of halogens is 6. The molecule has 1 aromatic carbocycles. The van der Waals surface area contributed by atoms with E-state index >= 15 is 0 Å². The first-order valence-electron chi connectivity index (χ1n) is 7.07. The van der Waals surface area contributed by atoms with Crippen molar-refractivity contribution in [3.05, 3.63) is 54.1 Å². The molecule has 0 bridgehead atoms. The van der Waals surface area contributed by atoms with Crippen LogP contribution >= 0.6 is 46.1 Å². The lowest BCUT2D eigenvalue weighted by atomic mass is 9.88. The molecular formula is C16H8Cl3F3N2OS. The minimum absolute atomic E-state index is 0.0407. The second-order valence-corrected chi connectivity index (χ2v) is 7.86. The minimum Gasteiger partial charge on any atom is -0.374 e. The van der Waals surface area contributed by atoms with Gasteiger partial charge in [0.1, 0.15) is 16.7 Å². The molecule has 0 N–H and O–H groups in total. The summed E-state index contributed by atoms with van der Waals surface area (Å²) in [6.45, 7) is 1.70. The molecule has 1 unspecified atom stereocenters. The molecule has 0 saturated heterocycles. The number of alkyl halides is 3. The summed E-state index contributed by atoms with van der Waals surface area (Å²) in [5, 5.41) is 12.4. The molecule has 0 aliphatic carbocycles. The molecule has 0 fully saturated rings. The van der Waals surface area contributed by atoms with Crippen LogP contribution < -0.4 is 0 Å². The fraction of sp³-hybridized carbons (Fsp3) is 0.250. The molecule has 2 heterocycles. The lowest BCUT2D eigenvalue weighted by Crippen LogP contribution is -2.42. The third-order valence-corrected chi connectivity index (χ3v) is 6.33. The van der Waals surface area contributed by atoms with Gasteiger partial charge in [0, 0.05) is 5.56 Å². The molecule has 3 rings (SSSR count). The maximum absolute atomic E-state index is 13.9. The first kappa shape index (κ1) is 19.3. The smallest absolute Gasteiger partial charge is 0.374 e. The predicted molar refractivity (Wildman–Crippen MR) is 95.2 cm³/mol. The quantitative estimate of drug-likeness (QED) is 0.503. The summed E-state index contributed by atoms with van der Waals surface area (Å²) in [4.78, 5) is 5.77. The van der Waals surface area contributed by atoms with Gasteiger partial charge in [-0.3, -0.25) is 0 Å². The van der Waals surface area contributed by atoms with Crippen molar-refractivity contribution < 1.29 is 18.0 Å². The highest BCUT2D eigenvalue weighted by Crippen LogP contribution is 2.51. The summed E-state index contributed by atoms with van der Waals surface area (Å²) in [6.07, 6.45) is -5.36. The molecular weight excluding hydrogens is 432 g/mol. The maximum Gasteiger partial charge on any atom is 0.435 e. The summed E-state index contributed by atoms with van der Waals surface area (Å²) in [6, 6.07) is 5.75. The fourth-order valence-corrected chi connectivity index (χ4v) is 4.10. The summed E-state index contributed by atoms with van der Waals surface area (Å²) in [5.41, 5.74) is -2.27. The van der Waals surface area contributed by atoms with Crippen LogP contribution in [0.1, 0.15) is 27.3 Å². The van der Waals surface area contributed by atoms with Crippen molar-refractivity contribution in [1.82, 2.24) is 0 Å². The summed E-state index contributed by atoms with van der Waals surface area (Å²) < 4.78 is 41.8.